The van der Waals surface area contributed by atoms with Gasteiger partial charge in [-0.25, -0.2) is 4.98 Å². The maximum Gasteiger partial charge on any atom is 0.143 e. The summed E-state index contributed by atoms with van der Waals surface area (Å²) < 4.78 is 1.99. The van der Waals surface area contributed by atoms with Crippen molar-refractivity contribution in [2.45, 2.75) is 19.1 Å². The maximum absolute atomic E-state index is 10.6. The minimum Gasteiger partial charge on any atom is -0.396 e. The fraction of sp³-hybridized carbons (Fsp3) is 0.235. The van der Waals surface area contributed by atoms with E-state index in [0.717, 1.165) is 16.6 Å². The number of nitrogens with zero attached hydrogens (tertiary/aromatic N) is 2. The van der Waals surface area contributed by atoms with Crippen LogP contribution in [0.4, 0.5) is 0 Å². The van der Waals surface area contributed by atoms with Gasteiger partial charge in [-0.3, -0.25) is 0 Å². The monoisotopic (exact) mass is 282 g/mol. The zero-order valence-electron chi connectivity index (χ0n) is 11.7. The molecule has 3 rings (SSSR count). The Balaban J connectivity index is 2.08. The summed E-state index contributed by atoms with van der Waals surface area (Å²) in [7, 11) is 0. The lowest BCUT2D eigenvalue weighted by Crippen LogP contribution is -2.11. The number of benzene rings is 2. The zero-order valence-corrected chi connectivity index (χ0v) is 11.7. The number of aliphatic hydroxyl groups excluding tert-OH is 2. The van der Waals surface area contributed by atoms with Gasteiger partial charge in [0.1, 0.15) is 11.9 Å². The third-order valence-corrected chi connectivity index (χ3v) is 3.58. The molecule has 108 valence electrons. The van der Waals surface area contributed by atoms with Crippen molar-refractivity contribution < 1.29 is 10.2 Å². The minimum absolute atomic E-state index is 0.118. The van der Waals surface area contributed by atoms with Crippen LogP contribution in [0.1, 0.15) is 23.9 Å². The minimum atomic E-state index is -0.766. The number of aliphatic hydroxyl groups is 2. The van der Waals surface area contributed by atoms with E-state index >= 15 is 0 Å². The van der Waals surface area contributed by atoms with E-state index in [2.05, 4.69) is 4.98 Å². The van der Waals surface area contributed by atoms with E-state index in [0.29, 0.717) is 18.8 Å². The summed E-state index contributed by atoms with van der Waals surface area (Å²) in [5, 5.41) is 19.7. The Hall–Kier alpha value is -2.17. The summed E-state index contributed by atoms with van der Waals surface area (Å²) in [6, 6.07) is 17.3. The molecular formula is C17H18N2O2. The highest BCUT2D eigenvalue weighted by atomic mass is 16.3. The molecule has 0 radical (unpaired) electrons. The molecule has 1 unspecified atom stereocenters. The quantitative estimate of drug-likeness (QED) is 0.756. The Bertz CT molecular complexity index is 722. The molecular weight excluding hydrogens is 264 g/mol. The number of imidazole rings is 1. The van der Waals surface area contributed by atoms with E-state index in [1.54, 1.807) is 0 Å². The largest absolute Gasteiger partial charge is 0.396 e. The van der Waals surface area contributed by atoms with Crippen molar-refractivity contribution in [3.05, 3.63) is 66.0 Å². The van der Waals surface area contributed by atoms with Crippen molar-refractivity contribution in [3.63, 3.8) is 0 Å². The highest BCUT2D eigenvalue weighted by Crippen LogP contribution is 2.25. The molecule has 0 saturated heterocycles. The Morgan fingerprint density at radius 3 is 2.48 bits per heavy atom. The van der Waals surface area contributed by atoms with Crippen molar-refractivity contribution in [3.8, 4) is 0 Å². The molecule has 0 aliphatic rings. The molecule has 0 aliphatic carbocycles. The smallest absolute Gasteiger partial charge is 0.143 e. The lowest BCUT2D eigenvalue weighted by atomic mass is 10.1. The van der Waals surface area contributed by atoms with Crippen LogP contribution in [-0.2, 0) is 6.54 Å². The molecule has 0 saturated carbocycles. The molecule has 0 aliphatic heterocycles. The van der Waals surface area contributed by atoms with Crippen molar-refractivity contribution in [1.29, 1.82) is 0 Å². The number of aromatic nitrogens is 2. The number of para-hydroxylation sites is 2. The molecule has 21 heavy (non-hydrogen) atoms. The molecule has 0 amide bonds. The van der Waals surface area contributed by atoms with Crippen LogP contribution in [0.15, 0.2) is 54.6 Å². The van der Waals surface area contributed by atoms with Gasteiger partial charge in [-0.05, 0) is 24.1 Å². The fourth-order valence-electron chi connectivity index (χ4n) is 2.55. The Labute approximate surface area is 123 Å². The van der Waals surface area contributed by atoms with E-state index < -0.39 is 6.10 Å². The summed E-state index contributed by atoms with van der Waals surface area (Å²) in [5.41, 5.74) is 2.66. The second-order valence-corrected chi connectivity index (χ2v) is 5.00. The van der Waals surface area contributed by atoms with Crippen LogP contribution in [0.25, 0.3) is 11.0 Å². The van der Waals surface area contributed by atoms with Crippen LogP contribution in [-0.4, -0.2) is 26.4 Å². The lowest BCUT2D eigenvalue weighted by molar-refractivity contribution is 0.203. The average molecular weight is 282 g/mol. The second-order valence-electron chi connectivity index (χ2n) is 5.00. The van der Waals surface area contributed by atoms with Crippen molar-refractivity contribution in [2.75, 3.05) is 6.61 Å². The topological polar surface area (TPSA) is 58.3 Å². The van der Waals surface area contributed by atoms with Gasteiger partial charge in [0, 0.05) is 13.2 Å². The maximum atomic E-state index is 10.6. The van der Waals surface area contributed by atoms with E-state index in [9.17, 15) is 5.11 Å². The van der Waals surface area contributed by atoms with Gasteiger partial charge in [-0.1, -0.05) is 42.5 Å². The predicted octanol–water partition coefficient (Wildman–Crippen LogP) is 2.50. The van der Waals surface area contributed by atoms with Crippen LogP contribution in [0.2, 0.25) is 0 Å². The van der Waals surface area contributed by atoms with Crippen LogP contribution in [0, 0.1) is 0 Å². The van der Waals surface area contributed by atoms with Crippen molar-refractivity contribution in [2.24, 2.45) is 0 Å². The molecule has 0 fully saturated rings. The first-order valence-corrected chi connectivity index (χ1v) is 7.10. The highest BCUT2D eigenvalue weighted by molar-refractivity contribution is 5.76. The van der Waals surface area contributed by atoms with E-state index in [4.69, 9.17) is 5.11 Å². The van der Waals surface area contributed by atoms with Crippen LogP contribution >= 0.6 is 0 Å². The molecule has 4 nitrogen and oxygen atoms in total. The normalized spacial score (nSPS) is 12.7. The number of hydrogen-bond donors (Lipinski definition) is 2. The molecule has 0 bridgehead atoms. The Morgan fingerprint density at radius 1 is 1.00 bits per heavy atom. The molecule has 1 heterocycles. The Kier molecular flexibility index (Phi) is 3.99. The number of rotatable bonds is 5. The Morgan fingerprint density at radius 2 is 1.71 bits per heavy atom. The second kappa shape index (κ2) is 6.08. The van der Waals surface area contributed by atoms with Crippen LogP contribution in [0.5, 0.6) is 0 Å². The molecule has 4 heteroatoms. The summed E-state index contributed by atoms with van der Waals surface area (Å²) in [6.07, 6.45) is -0.133. The number of hydrogen-bond acceptors (Lipinski definition) is 3. The van der Waals surface area contributed by atoms with Crippen LogP contribution < -0.4 is 0 Å². The molecule has 1 aromatic heterocycles. The average Bonchev–Trinajstić information content (AvgIpc) is 2.91. The number of aryl methyl sites for hydroxylation is 1. The third kappa shape index (κ3) is 2.68. The third-order valence-electron chi connectivity index (χ3n) is 3.58. The van der Waals surface area contributed by atoms with Gasteiger partial charge in [0.15, 0.2) is 0 Å². The van der Waals surface area contributed by atoms with Gasteiger partial charge < -0.3 is 14.8 Å². The van der Waals surface area contributed by atoms with Crippen molar-refractivity contribution >= 4 is 11.0 Å². The molecule has 3 aromatic rings. The molecule has 1 atom stereocenters. The van der Waals surface area contributed by atoms with Gasteiger partial charge in [0.25, 0.3) is 0 Å². The zero-order chi connectivity index (χ0) is 14.7. The van der Waals surface area contributed by atoms with Crippen molar-refractivity contribution in [1.82, 2.24) is 9.55 Å². The van der Waals surface area contributed by atoms with E-state index in [-0.39, 0.29) is 6.61 Å². The first-order valence-electron chi connectivity index (χ1n) is 7.10. The SMILES string of the molecule is OCCCn1c(C(O)c2ccccc2)nc2ccccc21. The van der Waals surface area contributed by atoms with Gasteiger partial charge in [0.2, 0.25) is 0 Å². The van der Waals surface area contributed by atoms with Gasteiger partial charge in [-0.15, -0.1) is 0 Å². The van der Waals surface area contributed by atoms with E-state index in [1.807, 2.05) is 59.2 Å². The van der Waals surface area contributed by atoms with Gasteiger partial charge in [0.05, 0.1) is 11.0 Å². The number of fused-ring (bicyclic) bond motifs is 1. The summed E-state index contributed by atoms with van der Waals surface area (Å²) in [5.74, 6) is 0.621. The summed E-state index contributed by atoms with van der Waals surface area (Å²) >= 11 is 0. The van der Waals surface area contributed by atoms with Gasteiger partial charge in [-0.2, -0.15) is 0 Å². The molecule has 2 aromatic carbocycles. The van der Waals surface area contributed by atoms with E-state index in [1.165, 1.54) is 0 Å². The first-order chi connectivity index (χ1) is 10.3. The molecule has 0 spiro atoms. The summed E-state index contributed by atoms with van der Waals surface area (Å²) in [4.78, 5) is 4.57. The van der Waals surface area contributed by atoms with Crippen LogP contribution in [0.3, 0.4) is 0 Å². The first kappa shape index (κ1) is 13.8. The lowest BCUT2D eigenvalue weighted by Gasteiger charge is -2.14. The standard InChI is InChI=1S/C17H18N2O2/c20-12-6-11-19-15-10-5-4-9-14(15)18-17(19)16(21)13-7-2-1-3-8-13/h1-5,7-10,16,20-21H,6,11-12H2. The van der Waals surface area contributed by atoms with Gasteiger partial charge >= 0.3 is 0 Å². The highest BCUT2D eigenvalue weighted by Gasteiger charge is 2.19. The molecule has 2 N–H and O–H groups in total. The fourth-order valence-corrected chi connectivity index (χ4v) is 2.55. The summed E-state index contributed by atoms with van der Waals surface area (Å²) in [6.45, 7) is 0.754. The predicted molar refractivity (Wildman–Crippen MR) is 81.9 cm³/mol.